The summed E-state index contributed by atoms with van der Waals surface area (Å²) in [6.45, 7) is 2.16. The number of thiophene rings is 1. The van der Waals surface area contributed by atoms with Gasteiger partial charge < -0.3 is 15.5 Å². The first-order valence-electron chi connectivity index (χ1n) is 11.9. The molecule has 3 heterocycles. The zero-order valence-electron chi connectivity index (χ0n) is 19.8. The maximum atomic E-state index is 12.8. The summed E-state index contributed by atoms with van der Waals surface area (Å²) in [5, 5.41) is 12.6. The molecule has 0 bridgehead atoms. The van der Waals surface area contributed by atoms with Crippen LogP contribution in [0.2, 0.25) is 0 Å². The van der Waals surface area contributed by atoms with Crippen molar-refractivity contribution >= 4 is 40.7 Å². The number of amides is 3. The molecule has 182 valence electrons. The predicted octanol–water partition coefficient (Wildman–Crippen LogP) is 5.94. The molecular weight excluding hydrogens is 470 g/mol. The smallest absolute Gasteiger partial charge is 0.321 e. The molecule has 2 N–H and O–H groups in total. The van der Waals surface area contributed by atoms with Crippen molar-refractivity contribution in [2.45, 2.75) is 19.4 Å². The second-order valence-corrected chi connectivity index (χ2v) is 9.53. The number of nitrogens with zero attached hydrogens (tertiary/aromatic N) is 3. The van der Waals surface area contributed by atoms with Gasteiger partial charge in [0.2, 0.25) is 5.91 Å². The minimum Gasteiger partial charge on any atom is -0.325 e. The fourth-order valence-corrected chi connectivity index (χ4v) is 4.90. The molecule has 2 aromatic heterocycles. The van der Waals surface area contributed by atoms with Crippen LogP contribution in [0.3, 0.4) is 0 Å². The van der Waals surface area contributed by atoms with E-state index < -0.39 is 0 Å². The Morgan fingerprint density at radius 3 is 2.36 bits per heavy atom. The van der Waals surface area contributed by atoms with Crippen molar-refractivity contribution in [2.75, 3.05) is 23.7 Å². The summed E-state index contributed by atoms with van der Waals surface area (Å²) in [7, 11) is 0. The number of carbonyl (C=O) groups is 2. The van der Waals surface area contributed by atoms with Crippen LogP contribution >= 0.6 is 11.3 Å². The van der Waals surface area contributed by atoms with Crippen molar-refractivity contribution in [3.63, 3.8) is 0 Å². The highest BCUT2D eigenvalue weighted by atomic mass is 32.1. The van der Waals surface area contributed by atoms with E-state index in [1.807, 2.05) is 58.7 Å². The fraction of sp³-hybridized carbons (Fsp3) is 0.179. The number of anilines is 2. The van der Waals surface area contributed by atoms with E-state index in [1.54, 1.807) is 34.4 Å². The lowest BCUT2D eigenvalue weighted by molar-refractivity contribution is -0.111. The molecule has 1 aliphatic rings. The Balaban J connectivity index is 1.31. The molecular formula is C28H27N5O2S. The molecule has 1 fully saturated rings. The summed E-state index contributed by atoms with van der Waals surface area (Å²) >= 11 is 1.61. The number of nitrogens with one attached hydrogen (secondary N) is 2. The third-order valence-electron chi connectivity index (χ3n) is 5.97. The number of carbonyl (C=O) groups excluding carboxylic acids is 2. The molecule has 5 rings (SSSR count). The van der Waals surface area contributed by atoms with Crippen molar-refractivity contribution in [3.8, 4) is 10.6 Å². The summed E-state index contributed by atoms with van der Waals surface area (Å²) in [4.78, 5) is 28.2. The maximum absolute atomic E-state index is 12.8. The van der Waals surface area contributed by atoms with E-state index in [0.29, 0.717) is 17.9 Å². The Labute approximate surface area is 214 Å². The number of para-hydroxylation sites is 2. The molecule has 2 aromatic carbocycles. The zero-order valence-corrected chi connectivity index (χ0v) is 20.6. The molecule has 0 aliphatic carbocycles. The van der Waals surface area contributed by atoms with Crippen LogP contribution in [0.25, 0.3) is 16.6 Å². The summed E-state index contributed by atoms with van der Waals surface area (Å²) in [6, 6.07) is 21.2. The lowest BCUT2D eigenvalue weighted by Crippen LogP contribution is -2.32. The number of urea groups is 1. The third kappa shape index (κ3) is 5.72. The minimum absolute atomic E-state index is 0.142. The highest BCUT2D eigenvalue weighted by Gasteiger charge is 2.19. The maximum Gasteiger partial charge on any atom is 0.321 e. The standard InChI is InChI=1S/C28H27N5O2S/c34-26(29-23-11-4-5-12-24(23)30-28(35)32-16-6-7-17-32)15-14-22-20-33(19-21-9-2-1-3-10-21)31-27(22)25-13-8-18-36-25/h1-5,8-15,18,20H,6-7,16-17,19H2,(H,29,34)(H,30,35). The van der Waals surface area contributed by atoms with Crippen LogP contribution < -0.4 is 10.6 Å². The number of hydrogen-bond acceptors (Lipinski definition) is 4. The van der Waals surface area contributed by atoms with Gasteiger partial charge in [-0.3, -0.25) is 9.48 Å². The highest BCUT2D eigenvalue weighted by Crippen LogP contribution is 2.28. The normalized spacial score (nSPS) is 13.3. The van der Waals surface area contributed by atoms with Crippen molar-refractivity contribution in [3.05, 3.63) is 95.5 Å². The van der Waals surface area contributed by atoms with Gasteiger partial charge in [-0.05, 0) is 48.1 Å². The van der Waals surface area contributed by atoms with Gasteiger partial charge in [0.15, 0.2) is 0 Å². The number of aromatic nitrogens is 2. The number of rotatable bonds is 7. The Hall–Kier alpha value is -4.17. The first-order chi connectivity index (χ1) is 17.7. The zero-order chi connectivity index (χ0) is 24.7. The van der Waals surface area contributed by atoms with E-state index in [1.165, 1.54) is 6.08 Å². The van der Waals surface area contributed by atoms with Crippen molar-refractivity contribution in [1.82, 2.24) is 14.7 Å². The summed E-state index contributed by atoms with van der Waals surface area (Å²) in [5.74, 6) is -0.286. The van der Waals surface area contributed by atoms with Crippen LogP contribution in [0.15, 0.2) is 84.4 Å². The Morgan fingerprint density at radius 2 is 1.64 bits per heavy atom. The Morgan fingerprint density at radius 1 is 0.917 bits per heavy atom. The molecule has 3 amide bonds. The Bertz CT molecular complexity index is 1360. The first kappa shape index (κ1) is 23.6. The van der Waals surface area contributed by atoms with Gasteiger partial charge in [-0.25, -0.2) is 4.79 Å². The van der Waals surface area contributed by atoms with Crippen molar-refractivity contribution in [2.24, 2.45) is 0 Å². The third-order valence-corrected chi connectivity index (χ3v) is 6.84. The fourth-order valence-electron chi connectivity index (χ4n) is 4.17. The van der Waals surface area contributed by atoms with Crippen molar-refractivity contribution in [1.29, 1.82) is 0 Å². The molecule has 4 aromatic rings. The minimum atomic E-state index is -0.286. The largest absolute Gasteiger partial charge is 0.325 e. The number of hydrogen-bond donors (Lipinski definition) is 2. The monoisotopic (exact) mass is 497 g/mol. The molecule has 0 saturated carbocycles. The summed E-state index contributed by atoms with van der Waals surface area (Å²) in [6.07, 6.45) is 7.28. The van der Waals surface area contributed by atoms with E-state index >= 15 is 0 Å². The van der Waals surface area contributed by atoms with Crippen molar-refractivity contribution < 1.29 is 9.59 Å². The lowest BCUT2D eigenvalue weighted by Gasteiger charge is -2.18. The van der Waals surface area contributed by atoms with Gasteiger partial charge in [-0.2, -0.15) is 5.10 Å². The van der Waals surface area contributed by atoms with Gasteiger partial charge in [0.05, 0.1) is 22.8 Å². The van der Waals surface area contributed by atoms with Crippen LogP contribution in [0.4, 0.5) is 16.2 Å². The second-order valence-electron chi connectivity index (χ2n) is 8.59. The summed E-state index contributed by atoms with van der Waals surface area (Å²) < 4.78 is 1.89. The molecule has 0 unspecified atom stereocenters. The molecule has 8 heteroatoms. The topological polar surface area (TPSA) is 79.3 Å². The summed E-state index contributed by atoms with van der Waals surface area (Å²) in [5.41, 5.74) is 3.98. The molecule has 0 radical (unpaired) electrons. The molecule has 0 spiro atoms. The van der Waals surface area contributed by atoms with Crippen LogP contribution in [-0.2, 0) is 11.3 Å². The van der Waals surface area contributed by atoms with E-state index in [2.05, 4.69) is 22.8 Å². The Kier molecular flexibility index (Phi) is 7.23. The van der Waals surface area contributed by atoms with Crippen LogP contribution in [0.5, 0.6) is 0 Å². The molecule has 7 nitrogen and oxygen atoms in total. The van der Waals surface area contributed by atoms with Gasteiger partial charge >= 0.3 is 6.03 Å². The number of likely N-dealkylation sites (tertiary alicyclic amines) is 1. The SMILES string of the molecule is O=C(C=Cc1cn(Cc2ccccc2)nc1-c1cccs1)Nc1ccccc1NC(=O)N1CCCC1. The van der Waals surface area contributed by atoms with Gasteiger partial charge in [0.1, 0.15) is 5.69 Å². The molecule has 1 aliphatic heterocycles. The van der Waals surface area contributed by atoms with Gasteiger partial charge in [0, 0.05) is 30.9 Å². The van der Waals surface area contributed by atoms with Gasteiger partial charge in [-0.15, -0.1) is 11.3 Å². The van der Waals surface area contributed by atoms with E-state index in [9.17, 15) is 9.59 Å². The lowest BCUT2D eigenvalue weighted by atomic mass is 10.2. The van der Waals surface area contributed by atoms with Crippen LogP contribution in [0, 0.1) is 0 Å². The van der Waals surface area contributed by atoms with Crippen LogP contribution in [0.1, 0.15) is 24.0 Å². The number of benzene rings is 2. The molecule has 1 saturated heterocycles. The van der Waals surface area contributed by atoms with E-state index in [0.717, 1.165) is 47.6 Å². The average Bonchev–Trinajstić information content (AvgIpc) is 3.67. The molecule has 36 heavy (non-hydrogen) atoms. The second kappa shape index (κ2) is 11.0. The van der Waals surface area contributed by atoms with E-state index in [4.69, 9.17) is 5.10 Å². The van der Waals surface area contributed by atoms with Gasteiger partial charge in [-0.1, -0.05) is 48.5 Å². The molecule has 0 atom stereocenters. The average molecular weight is 498 g/mol. The van der Waals surface area contributed by atoms with Gasteiger partial charge in [0.25, 0.3) is 0 Å². The highest BCUT2D eigenvalue weighted by molar-refractivity contribution is 7.13. The quantitative estimate of drug-likeness (QED) is 0.310. The first-order valence-corrected chi connectivity index (χ1v) is 12.8. The van der Waals surface area contributed by atoms with E-state index in [-0.39, 0.29) is 11.9 Å². The predicted molar refractivity (Wildman–Crippen MR) is 145 cm³/mol. The van der Waals surface area contributed by atoms with Crippen LogP contribution in [-0.4, -0.2) is 39.7 Å².